The van der Waals surface area contributed by atoms with Crippen molar-refractivity contribution in [3.8, 4) is 0 Å². The maximum absolute atomic E-state index is 2.30. The van der Waals surface area contributed by atoms with Gasteiger partial charge in [0.05, 0.1) is 0 Å². The van der Waals surface area contributed by atoms with Crippen molar-refractivity contribution in [1.29, 1.82) is 0 Å². The van der Waals surface area contributed by atoms with Crippen molar-refractivity contribution in [3.05, 3.63) is 0 Å². The highest BCUT2D eigenvalue weighted by Gasteiger charge is 2.10. The minimum absolute atomic E-state index is 0.443. The summed E-state index contributed by atoms with van der Waals surface area (Å²) in [5, 5.41) is 0.824. The average Bonchev–Trinajstić information content (AvgIpc) is 1.85. The van der Waals surface area contributed by atoms with Crippen LogP contribution in [0.1, 0.15) is 34.1 Å². The lowest BCUT2D eigenvalue weighted by atomic mass is 10.3. The van der Waals surface area contributed by atoms with Gasteiger partial charge in [0.1, 0.15) is 0 Å². The molecular weight excluding hydrogens is 172 g/mol. The standard InChI is InChI=1S/C9H20S2/c1-8(10-5)6-7-11-9(2,3)4/h8H,6-7H2,1-5H3. The van der Waals surface area contributed by atoms with Crippen molar-refractivity contribution < 1.29 is 0 Å². The van der Waals surface area contributed by atoms with Gasteiger partial charge >= 0.3 is 0 Å². The van der Waals surface area contributed by atoms with Crippen LogP contribution in [0.5, 0.6) is 0 Å². The second kappa shape index (κ2) is 5.36. The van der Waals surface area contributed by atoms with Gasteiger partial charge in [0.2, 0.25) is 0 Å². The molecule has 0 aromatic heterocycles. The molecule has 68 valence electrons. The normalized spacial score (nSPS) is 15.0. The predicted molar refractivity (Wildman–Crippen MR) is 59.8 cm³/mol. The molecule has 0 rings (SSSR count). The number of rotatable bonds is 4. The van der Waals surface area contributed by atoms with E-state index in [0.717, 1.165) is 5.25 Å². The highest BCUT2D eigenvalue weighted by Crippen LogP contribution is 2.25. The molecule has 0 aliphatic rings. The van der Waals surface area contributed by atoms with E-state index in [1.54, 1.807) is 0 Å². The summed E-state index contributed by atoms with van der Waals surface area (Å²) < 4.78 is 0.443. The Kier molecular flexibility index (Phi) is 5.71. The predicted octanol–water partition coefficient (Wildman–Crippen LogP) is 3.66. The maximum atomic E-state index is 2.30. The summed E-state index contributed by atoms with van der Waals surface area (Å²) in [6.45, 7) is 9.14. The van der Waals surface area contributed by atoms with E-state index < -0.39 is 0 Å². The number of hydrogen-bond acceptors (Lipinski definition) is 2. The molecule has 0 amide bonds. The smallest absolute Gasteiger partial charge is 0.00751 e. The van der Waals surface area contributed by atoms with Crippen LogP contribution < -0.4 is 0 Å². The van der Waals surface area contributed by atoms with Gasteiger partial charge in [0.15, 0.2) is 0 Å². The molecule has 0 aliphatic heterocycles. The van der Waals surface area contributed by atoms with Crippen molar-refractivity contribution in [2.45, 2.75) is 44.1 Å². The van der Waals surface area contributed by atoms with E-state index in [1.807, 2.05) is 11.8 Å². The third-order valence-electron chi connectivity index (χ3n) is 1.46. The van der Waals surface area contributed by atoms with Gasteiger partial charge in [-0.05, 0) is 18.4 Å². The summed E-state index contributed by atoms with van der Waals surface area (Å²) in [7, 11) is 0. The van der Waals surface area contributed by atoms with Gasteiger partial charge in [0, 0.05) is 10.00 Å². The second-order valence-corrected chi connectivity index (χ2v) is 6.99. The van der Waals surface area contributed by atoms with Crippen molar-refractivity contribution >= 4 is 23.5 Å². The highest BCUT2D eigenvalue weighted by atomic mass is 32.2. The van der Waals surface area contributed by atoms with Gasteiger partial charge in [-0.1, -0.05) is 27.7 Å². The van der Waals surface area contributed by atoms with Gasteiger partial charge < -0.3 is 0 Å². The summed E-state index contributed by atoms with van der Waals surface area (Å²) in [5.41, 5.74) is 0. The highest BCUT2D eigenvalue weighted by molar-refractivity contribution is 8.01. The first-order valence-corrected chi connectivity index (χ1v) is 6.40. The fraction of sp³-hybridized carbons (Fsp3) is 1.00. The summed E-state index contributed by atoms with van der Waals surface area (Å²) >= 11 is 4.03. The van der Waals surface area contributed by atoms with Crippen LogP contribution in [0.3, 0.4) is 0 Å². The molecule has 0 aromatic carbocycles. The largest absolute Gasteiger partial charge is 0.162 e. The summed E-state index contributed by atoms with van der Waals surface area (Å²) in [6.07, 6.45) is 3.52. The minimum atomic E-state index is 0.443. The molecule has 0 radical (unpaired) electrons. The van der Waals surface area contributed by atoms with Gasteiger partial charge in [-0.15, -0.1) is 0 Å². The summed E-state index contributed by atoms with van der Waals surface area (Å²) in [6, 6.07) is 0. The Morgan fingerprint density at radius 3 is 2.18 bits per heavy atom. The molecular formula is C9H20S2. The van der Waals surface area contributed by atoms with Crippen LogP contribution in [0.4, 0.5) is 0 Å². The van der Waals surface area contributed by atoms with Gasteiger partial charge in [-0.3, -0.25) is 0 Å². The lowest BCUT2D eigenvalue weighted by Crippen LogP contribution is -2.09. The lowest BCUT2D eigenvalue weighted by Gasteiger charge is -2.18. The number of thioether (sulfide) groups is 2. The monoisotopic (exact) mass is 192 g/mol. The average molecular weight is 192 g/mol. The Morgan fingerprint density at radius 2 is 1.82 bits per heavy atom. The molecule has 0 aromatic rings. The van der Waals surface area contributed by atoms with Crippen molar-refractivity contribution in [1.82, 2.24) is 0 Å². The van der Waals surface area contributed by atoms with Crippen LogP contribution in [0, 0.1) is 0 Å². The Hall–Kier alpha value is 0.700. The molecule has 0 saturated heterocycles. The van der Waals surface area contributed by atoms with Crippen LogP contribution in [0.15, 0.2) is 0 Å². The zero-order valence-corrected chi connectivity index (χ0v) is 9.94. The zero-order valence-electron chi connectivity index (χ0n) is 8.31. The van der Waals surface area contributed by atoms with E-state index in [-0.39, 0.29) is 0 Å². The molecule has 0 heterocycles. The van der Waals surface area contributed by atoms with E-state index >= 15 is 0 Å². The Morgan fingerprint density at radius 1 is 1.27 bits per heavy atom. The molecule has 1 atom stereocenters. The van der Waals surface area contributed by atoms with Crippen molar-refractivity contribution in [3.63, 3.8) is 0 Å². The molecule has 0 bridgehead atoms. The molecule has 0 saturated carbocycles. The molecule has 0 nitrogen and oxygen atoms in total. The molecule has 0 N–H and O–H groups in total. The topological polar surface area (TPSA) is 0 Å². The van der Waals surface area contributed by atoms with Crippen molar-refractivity contribution in [2.24, 2.45) is 0 Å². The van der Waals surface area contributed by atoms with Gasteiger partial charge in [0.25, 0.3) is 0 Å². The van der Waals surface area contributed by atoms with Crippen LogP contribution in [0.25, 0.3) is 0 Å². The third-order valence-corrected chi connectivity index (χ3v) is 3.81. The first-order valence-electron chi connectivity index (χ1n) is 4.12. The molecule has 0 fully saturated rings. The van der Waals surface area contributed by atoms with E-state index in [2.05, 4.69) is 45.7 Å². The molecule has 2 heteroatoms. The number of hydrogen-bond donors (Lipinski definition) is 0. The maximum Gasteiger partial charge on any atom is 0.00751 e. The molecule has 11 heavy (non-hydrogen) atoms. The SMILES string of the molecule is CSC(C)CCSC(C)(C)C. The lowest BCUT2D eigenvalue weighted by molar-refractivity contribution is 0.796. The summed E-state index contributed by atoms with van der Waals surface area (Å²) in [4.78, 5) is 0. The Labute approximate surface area is 79.9 Å². The minimum Gasteiger partial charge on any atom is -0.162 e. The van der Waals surface area contributed by atoms with E-state index in [4.69, 9.17) is 0 Å². The van der Waals surface area contributed by atoms with Gasteiger partial charge in [-0.25, -0.2) is 0 Å². The first-order chi connectivity index (χ1) is 4.95. The van der Waals surface area contributed by atoms with Crippen molar-refractivity contribution in [2.75, 3.05) is 12.0 Å². The Bertz CT molecular complexity index is 94.2. The van der Waals surface area contributed by atoms with Crippen LogP contribution in [-0.2, 0) is 0 Å². The van der Waals surface area contributed by atoms with E-state index in [0.29, 0.717) is 4.75 Å². The first kappa shape index (κ1) is 11.7. The summed E-state index contributed by atoms with van der Waals surface area (Å²) in [5.74, 6) is 1.30. The molecule has 0 spiro atoms. The fourth-order valence-electron chi connectivity index (χ4n) is 0.649. The van der Waals surface area contributed by atoms with Crippen LogP contribution in [-0.4, -0.2) is 22.0 Å². The van der Waals surface area contributed by atoms with Crippen LogP contribution in [0.2, 0.25) is 0 Å². The molecule has 1 unspecified atom stereocenters. The quantitative estimate of drug-likeness (QED) is 0.667. The van der Waals surface area contributed by atoms with E-state index in [9.17, 15) is 0 Å². The Balaban J connectivity index is 3.28. The van der Waals surface area contributed by atoms with Gasteiger partial charge in [-0.2, -0.15) is 23.5 Å². The van der Waals surface area contributed by atoms with E-state index in [1.165, 1.54) is 12.2 Å². The fourth-order valence-corrected chi connectivity index (χ4v) is 2.24. The van der Waals surface area contributed by atoms with Crippen LogP contribution >= 0.6 is 23.5 Å². The zero-order chi connectivity index (χ0) is 8.91. The second-order valence-electron chi connectivity index (χ2n) is 3.80. The third kappa shape index (κ3) is 8.61. The molecule has 0 aliphatic carbocycles.